The van der Waals surface area contributed by atoms with Crippen LogP contribution < -0.4 is 5.32 Å². The van der Waals surface area contributed by atoms with Crippen LogP contribution in [0, 0.1) is 11.8 Å². The van der Waals surface area contributed by atoms with Crippen LogP contribution in [0.4, 0.5) is 0 Å². The fourth-order valence-corrected chi connectivity index (χ4v) is 3.49. The van der Waals surface area contributed by atoms with Crippen LogP contribution in [0.1, 0.15) is 51.9 Å². The summed E-state index contributed by atoms with van der Waals surface area (Å²) in [4.78, 5) is 6.95. The lowest BCUT2D eigenvalue weighted by Gasteiger charge is -2.22. The van der Waals surface area contributed by atoms with Gasteiger partial charge in [-0.25, -0.2) is 0 Å². The summed E-state index contributed by atoms with van der Waals surface area (Å²) in [6, 6.07) is 0. The van der Waals surface area contributed by atoms with Gasteiger partial charge in [-0.2, -0.15) is 0 Å². The lowest BCUT2D eigenvalue weighted by Crippen LogP contribution is -2.40. The highest BCUT2D eigenvalue weighted by atomic mass is 15.3. The molecule has 0 radical (unpaired) electrons. The molecule has 2 rings (SSSR count). The van der Waals surface area contributed by atoms with Crippen molar-refractivity contribution >= 4 is 5.96 Å². The maximum absolute atomic E-state index is 4.46. The molecule has 0 bridgehead atoms. The molecule has 18 heavy (non-hydrogen) atoms. The van der Waals surface area contributed by atoms with Crippen molar-refractivity contribution in [2.24, 2.45) is 16.8 Å². The average Bonchev–Trinajstić information content (AvgIpc) is 2.82. The number of hydrogen-bond donors (Lipinski definition) is 1. The molecule has 0 spiro atoms. The Morgan fingerprint density at radius 3 is 2.39 bits per heavy atom. The van der Waals surface area contributed by atoms with Crippen LogP contribution in [0.5, 0.6) is 0 Å². The maximum atomic E-state index is 4.46. The first-order valence-corrected chi connectivity index (χ1v) is 7.80. The summed E-state index contributed by atoms with van der Waals surface area (Å²) < 4.78 is 0. The number of likely N-dealkylation sites (tertiary alicyclic amines) is 1. The van der Waals surface area contributed by atoms with Crippen molar-refractivity contribution < 1.29 is 0 Å². The molecule has 1 N–H and O–H groups in total. The van der Waals surface area contributed by atoms with Gasteiger partial charge >= 0.3 is 0 Å². The summed E-state index contributed by atoms with van der Waals surface area (Å²) in [5.41, 5.74) is 0. The number of aliphatic imine (C=N–C) groups is 1. The molecule has 2 aliphatic rings. The Kier molecular flexibility index (Phi) is 5.33. The van der Waals surface area contributed by atoms with E-state index in [1.807, 2.05) is 7.05 Å². The third-order valence-electron chi connectivity index (χ3n) is 4.55. The predicted molar refractivity (Wildman–Crippen MR) is 77.9 cm³/mol. The van der Waals surface area contributed by atoms with Crippen molar-refractivity contribution in [3.05, 3.63) is 0 Å². The highest BCUT2D eigenvalue weighted by molar-refractivity contribution is 5.80. The van der Waals surface area contributed by atoms with Crippen LogP contribution in [-0.2, 0) is 0 Å². The van der Waals surface area contributed by atoms with Crippen LogP contribution in [0.25, 0.3) is 0 Å². The van der Waals surface area contributed by atoms with E-state index in [0.29, 0.717) is 0 Å². The van der Waals surface area contributed by atoms with Gasteiger partial charge in [0.25, 0.3) is 0 Å². The smallest absolute Gasteiger partial charge is 0.193 e. The second-order valence-corrected chi connectivity index (χ2v) is 5.89. The topological polar surface area (TPSA) is 27.6 Å². The van der Waals surface area contributed by atoms with Crippen LogP contribution in [-0.4, -0.2) is 37.5 Å². The third kappa shape index (κ3) is 3.39. The zero-order valence-corrected chi connectivity index (χ0v) is 12.1. The van der Waals surface area contributed by atoms with Crippen molar-refractivity contribution in [1.82, 2.24) is 10.2 Å². The third-order valence-corrected chi connectivity index (χ3v) is 4.55. The molecule has 3 nitrogen and oxygen atoms in total. The molecule has 3 heteroatoms. The van der Waals surface area contributed by atoms with Gasteiger partial charge in [-0.3, -0.25) is 4.99 Å². The fraction of sp³-hybridized carbons (Fsp3) is 0.933. The number of fused-ring (bicyclic) bond motifs is 1. The molecule has 0 aromatic heterocycles. The first-order chi connectivity index (χ1) is 8.85. The van der Waals surface area contributed by atoms with E-state index in [9.17, 15) is 0 Å². The number of guanidine groups is 1. The molecule has 0 aromatic carbocycles. The Morgan fingerprint density at radius 2 is 1.83 bits per heavy atom. The van der Waals surface area contributed by atoms with Gasteiger partial charge in [0, 0.05) is 26.7 Å². The first kappa shape index (κ1) is 13.7. The molecule has 2 fully saturated rings. The number of nitrogens with one attached hydrogen (secondary N) is 1. The predicted octanol–water partition coefficient (Wildman–Crippen LogP) is 2.87. The van der Waals surface area contributed by atoms with Crippen molar-refractivity contribution in [2.45, 2.75) is 51.9 Å². The summed E-state index contributed by atoms with van der Waals surface area (Å²) in [6.07, 6.45) is 9.62. The van der Waals surface area contributed by atoms with Gasteiger partial charge in [-0.05, 0) is 31.1 Å². The molecule has 0 amide bonds. The number of rotatable bonds is 4. The summed E-state index contributed by atoms with van der Waals surface area (Å²) in [5, 5.41) is 3.53. The average molecular weight is 251 g/mol. The minimum absolute atomic E-state index is 0.938. The highest BCUT2D eigenvalue weighted by Gasteiger charge is 2.35. The largest absolute Gasteiger partial charge is 0.356 e. The van der Waals surface area contributed by atoms with Gasteiger partial charge in [0.1, 0.15) is 0 Å². The Bertz CT molecular complexity index is 261. The molecule has 1 saturated carbocycles. The van der Waals surface area contributed by atoms with Crippen LogP contribution in [0.15, 0.2) is 4.99 Å². The molecule has 1 aliphatic carbocycles. The van der Waals surface area contributed by atoms with Crippen molar-refractivity contribution in [2.75, 3.05) is 26.7 Å². The van der Waals surface area contributed by atoms with Gasteiger partial charge in [-0.15, -0.1) is 0 Å². The van der Waals surface area contributed by atoms with Crippen LogP contribution in [0.2, 0.25) is 0 Å². The van der Waals surface area contributed by atoms with E-state index in [0.717, 1.165) is 24.3 Å². The number of unbranched alkanes of at least 4 members (excludes halogenated alkanes) is 2. The van der Waals surface area contributed by atoms with Crippen molar-refractivity contribution in [3.63, 3.8) is 0 Å². The summed E-state index contributed by atoms with van der Waals surface area (Å²) in [7, 11) is 1.92. The van der Waals surface area contributed by atoms with E-state index in [2.05, 4.69) is 22.1 Å². The van der Waals surface area contributed by atoms with E-state index < -0.39 is 0 Å². The quantitative estimate of drug-likeness (QED) is 0.473. The molecule has 0 aromatic rings. The minimum Gasteiger partial charge on any atom is -0.356 e. The minimum atomic E-state index is 0.938. The van der Waals surface area contributed by atoms with E-state index in [-0.39, 0.29) is 0 Å². The highest BCUT2D eigenvalue weighted by Crippen LogP contribution is 2.35. The Hall–Kier alpha value is -0.730. The molecular weight excluding hydrogens is 222 g/mol. The molecule has 1 saturated heterocycles. The van der Waals surface area contributed by atoms with Gasteiger partial charge in [0.15, 0.2) is 5.96 Å². The van der Waals surface area contributed by atoms with Gasteiger partial charge in [0.2, 0.25) is 0 Å². The summed E-state index contributed by atoms with van der Waals surface area (Å²) in [5.74, 6) is 3.02. The molecule has 2 unspecified atom stereocenters. The van der Waals surface area contributed by atoms with Gasteiger partial charge < -0.3 is 10.2 Å². The Balaban J connectivity index is 1.78. The zero-order chi connectivity index (χ0) is 12.8. The Labute approximate surface area is 112 Å². The van der Waals surface area contributed by atoms with E-state index >= 15 is 0 Å². The first-order valence-electron chi connectivity index (χ1n) is 7.80. The van der Waals surface area contributed by atoms with E-state index in [4.69, 9.17) is 0 Å². The van der Waals surface area contributed by atoms with Gasteiger partial charge in [-0.1, -0.05) is 32.6 Å². The molecule has 104 valence electrons. The molecular formula is C15H29N3. The molecule has 2 atom stereocenters. The molecule has 1 heterocycles. The van der Waals surface area contributed by atoms with Crippen LogP contribution >= 0.6 is 0 Å². The lowest BCUT2D eigenvalue weighted by atomic mass is 9.82. The van der Waals surface area contributed by atoms with E-state index in [1.165, 1.54) is 58.0 Å². The van der Waals surface area contributed by atoms with Crippen molar-refractivity contribution in [3.8, 4) is 0 Å². The normalized spacial score (nSPS) is 28.3. The maximum Gasteiger partial charge on any atom is 0.193 e. The van der Waals surface area contributed by atoms with Crippen LogP contribution in [0.3, 0.4) is 0 Å². The lowest BCUT2D eigenvalue weighted by molar-refractivity contribution is 0.299. The SMILES string of the molecule is CCCCCNC(=NC)N1CC2CCCCC2C1. The standard InChI is InChI=1S/C15H29N3/c1-3-4-7-10-17-15(16-2)18-11-13-8-5-6-9-14(13)12-18/h13-14H,3-12H2,1-2H3,(H,16,17). The fourth-order valence-electron chi connectivity index (χ4n) is 3.49. The molecule has 1 aliphatic heterocycles. The zero-order valence-electron chi connectivity index (χ0n) is 12.1. The van der Waals surface area contributed by atoms with Crippen molar-refractivity contribution in [1.29, 1.82) is 0 Å². The van der Waals surface area contributed by atoms with Gasteiger partial charge in [0.05, 0.1) is 0 Å². The number of nitrogens with zero attached hydrogens (tertiary/aromatic N) is 2. The second kappa shape index (κ2) is 7.01. The second-order valence-electron chi connectivity index (χ2n) is 5.89. The summed E-state index contributed by atoms with van der Waals surface area (Å²) in [6.45, 7) is 5.79. The van der Waals surface area contributed by atoms with E-state index in [1.54, 1.807) is 0 Å². The Morgan fingerprint density at radius 1 is 1.17 bits per heavy atom. The number of hydrogen-bond acceptors (Lipinski definition) is 1. The monoisotopic (exact) mass is 251 g/mol. The summed E-state index contributed by atoms with van der Waals surface area (Å²) >= 11 is 0.